The molecule has 7 heavy (non-hydrogen) atoms. The van der Waals surface area contributed by atoms with Crippen LogP contribution in [-0.4, -0.2) is 6.61 Å². The molecular weight excluding hydrogens is 94.1 g/mol. The minimum atomic E-state index is 0.268. The van der Waals surface area contributed by atoms with Crippen LogP contribution in [0, 0.1) is 0 Å². The van der Waals surface area contributed by atoms with Gasteiger partial charge in [-0.2, -0.15) is 0 Å². The lowest BCUT2D eigenvalue weighted by molar-refractivity contribution is 0.168. The molecule has 0 unspecified atom stereocenters. The Morgan fingerprint density at radius 3 is 3.14 bits per heavy atom. The second-order valence-electron chi connectivity index (χ2n) is 0.756. The van der Waals surface area contributed by atoms with Crippen molar-refractivity contribution in [2.75, 3.05) is 6.61 Å². The maximum atomic E-state index is 7.59. The van der Waals surface area contributed by atoms with Gasteiger partial charge in [0.2, 0.25) is 0 Å². The van der Waals surface area contributed by atoms with E-state index in [1.54, 1.807) is 0 Å². The molecule has 4 nitrogen and oxygen atoms in total. The Kier molecular flexibility index (Phi) is 4.05. The molecule has 0 saturated heterocycles. The molecule has 0 radical (unpaired) electrons. The Morgan fingerprint density at radius 1 is 2.00 bits per heavy atom. The molecule has 0 fully saturated rings. The van der Waals surface area contributed by atoms with E-state index in [9.17, 15) is 0 Å². The van der Waals surface area contributed by atoms with E-state index in [1.807, 2.05) is 0 Å². The summed E-state index contributed by atoms with van der Waals surface area (Å²) in [6, 6.07) is 0. The molecule has 0 aromatic rings. The highest BCUT2D eigenvalue weighted by Crippen LogP contribution is 1.73. The van der Waals surface area contributed by atoms with E-state index in [0.717, 1.165) is 0 Å². The maximum absolute atomic E-state index is 7.59. The first kappa shape index (κ1) is 5.85. The van der Waals surface area contributed by atoms with Crippen molar-refractivity contribution < 1.29 is 4.84 Å². The second kappa shape index (κ2) is 4.85. The molecule has 0 aromatic heterocycles. The van der Waals surface area contributed by atoms with E-state index in [0.29, 0.717) is 0 Å². The van der Waals surface area contributed by atoms with Gasteiger partial charge in [0, 0.05) is 4.91 Å². The summed E-state index contributed by atoms with van der Waals surface area (Å²) in [5.74, 6) is 0. The minimum absolute atomic E-state index is 0.268. The molecule has 0 aliphatic heterocycles. The molecule has 0 rings (SSSR count). The average molecular weight is 99.1 g/mol. The molecule has 0 aliphatic rings. The first-order valence-electron chi connectivity index (χ1n) is 1.69. The van der Waals surface area contributed by atoms with Crippen molar-refractivity contribution in [3.05, 3.63) is 23.1 Å². The van der Waals surface area contributed by atoms with E-state index >= 15 is 0 Å². The SMILES string of the molecule is C=CCON=[N+]=[N-]. The minimum Gasteiger partial charge on any atom is -0.429 e. The molecule has 0 aromatic carbocycles. The highest BCUT2D eigenvalue weighted by molar-refractivity contribution is 4.62. The van der Waals surface area contributed by atoms with Gasteiger partial charge in [0.15, 0.2) is 0 Å². The number of azide groups is 1. The molecule has 0 heterocycles. The van der Waals surface area contributed by atoms with E-state index in [4.69, 9.17) is 5.53 Å². The topological polar surface area (TPSA) is 58.0 Å². The third-order valence-corrected chi connectivity index (χ3v) is 0.287. The molecule has 0 spiro atoms. The van der Waals surface area contributed by atoms with Crippen LogP contribution in [0.1, 0.15) is 0 Å². The van der Waals surface area contributed by atoms with Gasteiger partial charge in [0.1, 0.15) is 11.9 Å². The van der Waals surface area contributed by atoms with Crippen LogP contribution in [0.15, 0.2) is 17.9 Å². The van der Waals surface area contributed by atoms with Gasteiger partial charge in [-0.05, 0) is 5.53 Å². The monoisotopic (exact) mass is 99.0 g/mol. The van der Waals surface area contributed by atoms with Crippen molar-refractivity contribution in [3.63, 3.8) is 0 Å². The van der Waals surface area contributed by atoms with Crippen molar-refractivity contribution in [1.29, 1.82) is 0 Å². The smallest absolute Gasteiger partial charge is 0.115 e. The van der Waals surface area contributed by atoms with E-state index in [-0.39, 0.29) is 6.61 Å². The van der Waals surface area contributed by atoms with Crippen LogP contribution in [0.5, 0.6) is 0 Å². The van der Waals surface area contributed by atoms with Gasteiger partial charge in [0.25, 0.3) is 0 Å². The summed E-state index contributed by atoms with van der Waals surface area (Å²) < 4.78 is 0. The fraction of sp³-hybridized carbons (Fsp3) is 0.333. The van der Waals surface area contributed by atoms with Crippen molar-refractivity contribution in [2.45, 2.75) is 0 Å². The summed E-state index contributed by atoms with van der Waals surface area (Å²) in [4.78, 5) is 6.55. The molecular formula is C3H5N3O. The highest BCUT2D eigenvalue weighted by atomic mass is 16.6. The molecule has 0 amide bonds. The van der Waals surface area contributed by atoms with Crippen LogP contribution < -0.4 is 0 Å². The molecule has 4 heteroatoms. The molecule has 0 N–H and O–H groups in total. The quantitative estimate of drug-likeness (QED) is 0.132. The molecule has 0 aliphatic carbocycles. The average Bonchev–Trinajstić information content (AvgIpc) is 1.69. The van der Waals surface area contributed by atoms with Crippen molar-refractivity contribution in [1.82, 2.24) is 0 Å². The fourth-order valence-electron chi connectivity index (χ4n) is 0.112. The summed E-state index contributed by atoms with van der Waals surface area (Å²) in [5, 5.41) is 2.77. The third kappa shape index (κ3) is 4.85. The zero-order valence-corrected chi connectivity index (χ0v) is 3.74. The van der Waals surface area contributed by atoms with Crippen molar-refractivity contribution >= 4 is 0 Å². The molecule has 0 bridgehead atoms. The van der Waals surface area contributed by atoms with Crippen molar-refractivity contribution in [2.24, 2.45) is 5.28 Å². The fourth-order valence-corrected chi connectivity index (χ4v) is 0.112. The van der Waals surface area contributed by atoms with Crippen LogP contribution >= 0.6 is 0 Å². The largest absolute Gasteiger partial charge is 0.429 e. The second-order valence-corrected chi connectivity index (χ2v) is 0.756. The van der Waals surface area contributed by atoms with Crippen LogP contribution in [-0.2, 0) is 4.84 Å². The lowest BCUT2D eigenvalue weighted by Crippen LogP contribution is -1.75. The van der Waals surface area contributed by atoms with Crippen LogP contribution in [0.25, 0.3) is 10.4 Å². The van der Waals surface area contributed by atoms with Gasteiger partial charge in [-0.25, -0.2) is 0 Å². The lowest BCUT2D eigenvalue weighted by atomic mass is 10.7. The predicted molar refractivity (Wildman–Crippen MR) is 25.3 cm³/mol. The number of hydrogen-bond donors (Lipinski definition) is 0. The highest BCUT2D eigenvalue weighted by Gasteiger charge is 1.65. The summed E-state index contributed by atoms with van der Waals surface area (Å²) in [6.07, 6.45) is 1.49. The first-order valence-corrected chi connectivity index (χ1v) is 1.69. The summed E-state index contributed by atoms with van der Waals surface area (Å²) in [6.45, 7) is 3.59. The Morgan fingerprint density at radius 2 is 2.71 bits per heavy atom. The van der Waals surface area contributed by atoms with E-state index in [2.05, 4.69) is 21.6 Å². The van der Waals surface area contributed by atoms with Crippen LogP contribution in [0.4, 0.5) is 0 Å². The number of rotatable bonds is 3. The van der Waals surface area contributed by atoms with Gasteiger partial charge in [0.05, 0.1) is 0 Å². The van der Waals surface area contributed by atoms with Gasteiger partial charge >= 0.3 is 0 Å². The number of hydrogen-bond acceptors (Lipinski definition) is 2. The Balaban J connectivity index is 2.97. The summed E-state index contributed by atoms with van der Waals surface area (Å²) in [7, 11) is 0. The van der Waals surface area contributed by atoms with Crippen LogP contribution in [0.3, 0.4) is 0 Å². The molecule has 38 valence electrons. The summed E-state index contributed by atoms with van der Waals surface area (Å²) in [5.41, 5.74) is 7.59. The Labute approximate surface area is 41.0 Å². The third-order valence-electron chi connectivity index (χ3n) is 0.287. The van der Waals surface area contributed by atoms with Crippen LogP contribution in [0.2, 0.25) is 0 Å². The van der Waals surface area contributed by atoms with Gasteiger partial charge in [-0.3, -0.25) is 0 Å². The van der Waals surface area contributed by atoms with Gasteiger partial charge < -0.3 is 4.84 Å². The number of nitrogens with zero attached hydrogens (tertiary/aromatic N) is 3. The Hall–Kier alpha value is -1.15. The zero-order chi connectivity index (χ0) is 5.54. The standard InChI is InChI=1S/C3H5N3O/c1-2-3-7-6-5-4/h2H,1,3H2. The molecule has 0 atom stereocenters. The van der Waals surface area contributed by atoms with Gasteiger partial charge in [-0.15, -0.1) is 0 Å². The van der Waals surface area contributed by atoms with Gasteiger partial charge in [-0.1, -0.05) is 12.7 Å². The molecule has 0 saturated carbocycles. The van der Waals surface area contributed by atoms with Crippen molar-refractivity contribution in [3.8, 4) is 0 Å². The van der Waals surface area contributed by atoms with E-state index < -0.39 is 0 Å². The predicted octanol–water partition coefficient (Wildman–Crippen LogP) is 1.41. The Bertz CT molecular complexity index is 94.4. The normalized spacial score (nSPS) is 6.29. The zero-order valence-electron chi connectivity index (χ0n) is 3.74. The lowest BCUT2D eigenvalue weighted by Gasteiger charge is -1.83. The maximum Gasteiger partial charge on any atom is 0.115 e. The first-order chi connectivity index (χ1) is 3.41. The van der Waals surface area contributed by atoms with E-state index in [1.165, 1.54) is 6.08 Å². The summed E-state index contributed by atoms with van der Waals surface area (Å²) >= 11 is 0.